The number of carbonyl (C=O) groups is 1. The highest BCUT2D eigenvalue weighted by atomic mass is 79.9. The van der Waals surface area contributed by atoms with Gasteiger partial charge in [-0.15, -0.1) is 0 Å². The Labute approximate surface area is 169 Å². The van der Waals surface area contributed by atoms with Crippen molar-refractivity contribution in [3.8, 4) is 0 Å². The van der Waals surface area contributed by atoms with Gasteiger partial charge in [0.2, 0.25) is 0 Å². The van der Waals surface area contributed by atoms with Crippen LogP contribution in [0, 0.1) is 0 Å². The predicted molar refractivity (Wildman–Crippen MR) is 110 cm³/mol. The molecule has 0 spiro atoms. The Kier molecular flexibility index (Phi) is 4.89. The summed E-state index contributed by atoms with van der Waals surface area (Å²) in [5, 5.41) is 0. The Bertz CT molecular complexity index is 1220. The maximum atomic E-state index is 13.2. The molecule has 3 aromatic rings. The third kappa shape index (κ3) is 3.17. The van der Waals surface area contributed by atoms with E-state index in [1.165, 1.54) is 10.1 Å². The first kappa shape index (κ1) is 18.6. The Hall–Kier alpha value is -2.74. The number of aromatic nitrogens is 4. The molecular weight excluding hydrogens is 424 g/mol. The van der Waals surface area contributed by atoms with E-state index in [0.717, 1.165) is 23.8 Å². The maximum absolute atomic E-state index is 13.2. The molecule has 8 heteroatoms. The van der Waals surface area contributed by atoms with Crippen LogP contribution in [0.2, 0.25) is 0 Å². The van der Waals surface area contributed by atoms with Crippen LogP contribution in [0.4, 0.5) is 0 Å². The molecule has 2 aromatic heterocycles. The van der Waals surface area contributed by atoms with Gasteiger partial charge in [-0.05, 0) is 35.2 Å². The normalized spacial score (nSPS) is 13.9. The number of benzene rings is 1. The lowest BCUT2D eigenvalue weighted by Gasteiger charge is -2.10. The van der Waals surface area contributed by atoms with Gasteiger partial charge in [0.15, 0.2) is 21.7 Å². The first-order valence-corrected chi connectivity index (χ1v) is 9.88. The predicted octanol–water partition coefficient (Wildman–Crippen LogP) is 2.65. The third-order valence-corrected chi connectivity index (χ3v) is 5.69. The molecule has 0 atom stereocenters. The number of ketones is 1. The molecule has 0 bridgehead atoms. The highest BCUT2D eigenvalue weighted by Gasteiger charge is 2.21. The van der Waals surface area contributed by atoms with Gasteiger partial charge in [0.05, 0.1) is 6.54 Å². The van der Waals surface area contributed by atoms with Crippen LogP contribution in [-0.2, 0) is 20.1 Å². The number of aryl methyl sites for hydroxylation is 1. The van der Waals surface area contributed by atoms with E-state index in [0.29, 0.717) is 28.0 Å². The molecule has 1 aliphatic rings. The summed E-state index contributed by atoms with van der Waals surface area (Å²) in [4.78, 5) is 42.9. The van der Waals surface area contributed by atoms with Crippen molar-refractivity contribution < 1.29 is 4.79 Å². The number of carbonyl (C=O) groups excluding carboxylic acids is 1. The summed E-state index contributed by atoms with van der Waals surface area (Å²) in [5.41, 5.74) is 1.27. The molecule has 7 nitrogen and oxygen atoms in total. The van der Waals surface area contributed by atoms with Gasteiger partial charge in [-0.2, -0.15) is 0 Å². The van der Waals surface area contributed by atoms with E-state index in [9.17, 15) is 14.4 Å². The summed E-state index contributed by atoms with van der Waals surface area (Å²) < 4.78 is 4.58. The first-order chi connectivity index (χ1) is 13.5. The number of hydrogen-bond acceptors (Lipinski definition) is 4. The van der Waals surface area contributed by atoms with Gasteiger partial charge in [-0.3, -0.25) is 18.7 Å². The van der Waals surface area contributed by atoms with E-state index >= 15 is 0 Å². The Balaban J connectivity index is 1.84. The molecule has 0 amide bonds. The van der Waals surface area contributed by atoms with Gasteiger partial charge in [0, 0.05) is 19.2 Å². The van der Waals surface area contributed by atoms with Crippen molar-refractivity contribution in [1.29, 1.82) is 0 Å². The Morgan fingerprint density at radius 2 is 1.93 bits per heavy atom. The zero-order chi connectivity index (χ0) is 19.8. The molecule has 144 valence electrons. The SMILES string of the molecule is Cn1c(=O)n(CC(=O)c2ccccc2)c(=O)c2c1nc(Br)n2CC1=CCCC1. The van der Waals surface area contributed by atoms with E-state index in [2.05, 4.69) is 27.0 Å². The van der Waals surface area contributed by atoms with Gasteiger partial charge >= 0.3 is 5.69 Å². The molecule has 0 saturated carbocycles. The molecular formula is C20H19BrN4O3. The van der Waals surface area contributed by atoms with Crippen LogP contribution in [0.3, 0.4) is 0 Å². The molecule has 0 N–H and O–H groups in total. The molecule has 0 saturated heterocycles. The number of allylic oxidation sites excluding steroid dienone is 2. The minimum atomic E-state index is -0.556. The number of imidazole rings is 1. The van der Waals surface area contributed by atoms with Gasteiger partial charge in [-0.25, -0.2) is 9.78 Å². The monoisotopic (exact) mass is 442 g/mol. The number of halogens is 1. The molecule has 0 unspecified atom stereocenters. The average molecular weight is 443 g/mol. The number of nitrogens with zero attached hydrogens (tertiary/aromatic N) is 4. The van der Waals surface area contributed by atoms with E-state index in [1.54, 1.807) is 35.9 Å². The zero-order valence-electron chi connectivity index (χ0n) is 15.4. The highest BCUT2D eigenvalue weighted by molar-refractivity contribution is 9.10. The van der Waals surface area contributed by atoms with E-state index in [-0.39, 0.29) is 12.3 Å². The Morgan fingerprint density at radius 1 is 1.18 bits per heavy atom. The van der Waals surface area contributed by atoms with Gasteiger partial charge < -0.3 is 4.57 Å². The number of hydrogen-bond donors (Lipinski definition) is 0. The molecule has 4 rings (SSSR count). The molecule has 28 heavy (non-hydrogen) atoms. The summed E-state index contributed by atoms with van der Waals surface area (Å²) in [7, 11) is 1.56. The minimum Gasteiger partial charge on any atom is -0.309 e. The van der Waals surface area contributed by atoms with E-state index in [1.807, 2.05) is 6.07 Å². The lowest BCUT2D eigenvalue weighted by Crippen LogP contribution is -2.41. The molecule has 0 aliphatic heterocycles. The van der Waals surface area contributed by atoms with Crippen molar-refractivity contribution in [2.45, 2.75) is 32.4 Å². The average Bonchev–Trinajstić information content (AvgIpc) is 3.33. The fourth-order valence-corrected chi connectivity index (χ4v) is 4.04. The van der Waals surface area contributed by atoms with Crippen LogP contribution >= 0.6 is 15.9 Å². The highest BCUT2D eigenvalue weighted by Crippen LogP contribution is 2.23. The van der Waals surface area contributed by atoms with Gasteiger partial charge in [0.1, 0.15) is 0 Å². The van der Waals surface area contributed by atoms with Crippen LogP contribution in [0.1, 0.15) is 29.6 Å². The third-order valence-electron chi connectivity index (χ3n) is 5.08. The van der Waals surface area contributed by atoms with Crippen molar-refractivity contribution in [2.24, 2.45) is 7.05 Å². The van der Waals surface area contributed by atoms with Crippen molar-refractivity contribution in [2.75, 3.05) is 0 Å². The van der Waals surface area contributed by atoms with Crippen LogP contribution in [0.5, 0.6) is 0 Å². The fourth-order valence-electron chi connectivity index (χ4n) is 3.57. The molecule has 2 heterocycles. The molecule has 0 radical (unpaired) electrons. The summed E-state index contributed by atoms with van der Waals surface area (Å²) in [6.07, 6.45) is 5.30. The van der Waals surface area contributed by atoms with Crippen molar-refractivity contribution in [3.63, 3.8) is 0 Å². The fraction of sp³-hybridized carbons (Fsp3) is 0.300. The molecule has 1 aromatic carbocycles. The second-order valence-electron chi connectivity index (χ2n) is 6.92. The van der Waals surface area contributed by atoms with Crippen LogP contribution in [0.25, 0.3) is 11.2 Å². The summed E-state index contributed by atoms with van der Waals surface area (Å²) in [6, 6.07) is 8.65. The van der Waals surface area contributed by atoms with Crippen LogP contribution < -0.4 is 11.2 Å². The lowest BCUT2D eigenvalue weighted by molar-refractivity contribution is 0.0969. The lowest BCUT2D eigenvalue weighted by atomic mass is 10.1. The van der Waals surface area contributed by atoms with Gasteiger partial charge in [-0.1, -0.05) is 42.0 Å². The van der Waals surface area contributed by atoms with E-state index < -0.39 is 11.2 Å². The number of Topliss-reactive ketones (excluding diaryl/α,β-unsaturated/α-hetero) is 1. The second kappa shape index (κ2) is 7.35. The van der Waals surface area contributed by atoms with Gasteiger partial charge in [0.25, 0.3) is 5.56 Å². The first-order valence-electron chi connectivity index (χ1n) is 9.09. The van der Waals surface area contributed by atoms with Crippen molar-refractivity contribution >= 4 is 32.9 Å². The van der Waals surface area contributed by atoms with Crippen molar-refractivity contribution in [3.05, 3.63) is 73.1 Å². The quantitative estimate of drug-likeness (QED) is 0.345. The van der Waals surface area contributed by atoms with E-state index in [4.69, 9.17) is 0 Å². The zero-order valence-corrected chi connectivity index (χ0v) is 17.0. The van der Waals surface area contributed by atoms with Crippen LogP contribution in [0.15, 0.2) is 56.3 Å². The smallest absolute Gasteiger partial charge is 0.309 e. The summed E-state index contributed by atoms with van der Waals surface area (Å²) in [5.74, 6) is -0.289. The molecule has 1 aliphatic carbocycles. The largest absolute Gasteiger partial charge is 0.332 e. The summed E-state index contributed by atoms with van der Waals surface area (Å²) >= 11 is 3.42. The van der Waals surface area contributed by atoms with Crippen molar-refractivity contribution in [1.82, 2.24) is 18.7 Å². The summed E-state index contributed by atoms with van der Waals surface area (Å²) in [6.45, 7) is 0.230. The second-order valence-corrected chi connectivity index (χ2v) is 7.63. The topological polar surface area (TPSA) is 78.9 Å². The van der Waals surface area contributed by atoms with Crippen LogP contribution in [-0.4, -0.2) is 24.5 Å². The minimum absolute atomic E-state index is 0.289. The Morgan fingerprint density at radius 3 is 2.61 bits per heavy atom. The standard InChI is InChI=1S/C20H19BrN4O3/c1-23-17-16(24(19(21)22-17)11-13-7-5-6-8-13)18(27)25(20(23)28)12-15(26)14-9-3-2-4-10-14/h2-4,7,9-10H,5-6,8,11-12H2,1H3. The number of rotatable bonds is 5. The molecule has 0 fully saturated rings. The maximum Gasteiger partial charge on any atom is 0.332 e. The number of fused-ring (bicyclic) bond motifs is 1.